The van der Waals surface area contributed by atoms with Gasteiger partial charge >= 0.3 is 6.09 Å². The number of anilines is 1. The van der Waals surface area contributed by atoms with Gasteiger partial charge in [0.25, 0.3) is 0 Å². The normalized spacial score (nSPS) is 21.6. The number of alkyl carbamates (subject to hydrolysis) is 1. The smallest absolute Gasteiger partial charge is 0.407 e. The Balaban J connectivity index is 1.90. The average Bonchev–Trinajstić information content (AvgIpc) is 2.41. The third kappa shape index (κ3) is 6.01. The van der Waals surface area contributed by atoms with E-state index in [1.807, 2.05) is 20.8 Å². The van der Waals surface area contributed by atoms with Crippen LogP contribution in [0.2, 0.25) is 0 Å². The molecule has 0 bridgehead atoms. The van der Waals surface area contributed by atoms with Crippen molar-refractivity contribution in [2.24, 2.45) is 0 Å². The van der Waals surface area contributed by atoms with Crippen molar-refractivity contribution in [1.82, 2.24) is 5.32 Å². The summed E-state index contributed by atoms with van der Waals surface area (Å²) in [6.07, 6.45) is 3.35. The van der Waals surface area contributed by atoms with E-state index in [4.69, 9.17) is 4.74 Å². The van der Waals surface area contributed by atoms with Crippen molar-refractivity contribution in [2.75, 3.05) is 5.32 Å². The highest BCUT2D eigenvalue weighted by molar-refractivity contribution is 9.10. The van der Waals surface area contributed by atoms with Crippen LogP contribution in [-0.2, 0) is 4.74 Å². The standard InChI is InChI=1S/C17H24BrFN2O2/c1-17(2,3)23-16(22)21-13-6-4-5-12(10-13)20-15-9-11(19)7-8-14(15)18/h7-9,12-13,20H,4-6,10H2,1-3H3,(H,21,22). The Kier molecular flexibility index (Phi) is 5.89. The minimum atomic E-state index is -0.497. The molecule has 2 unspecified atom stereocenters. The number of hydrogen-bond acceptors (Lipinski definition) is 3. The van der Waals surface area contributed by atoms with Crippen LogP contribution < -0.4 is 10.6 Å². The van der Waals surface area contributed by atoms with Crippen molar-refractivity contribution in [2.45, 2.75) is 64.1 Å². The molecule has 1 fully saturated rings. The molecule has 0 spiro atoms. The van der Waals surface area contributed by atoms with Crippen molar-refractivity contribution >= 4 is 27.7 Å². The SMILES string of the molecule is CC(C)(C)OC(=O)NC1CCCC(Nc2cc(F)ccc2Br)C1. The number of ether oxygens (including phenoxy) is 1. The van der Waals surface area contributed by atoms with E-state index in [2.05, 4.69) is 26.6 Å². The van der Waals surface area contributed by atoms with Gasteiger partial charge in [-0.05, 0) is 80.6 Å². The highest BCUT2D eigenvalue weighted by atomic mass is 79.9. The molecule has 1 saturated carbocycles. The summed E-state index contributed by atoms with van der Waals surface area (Å²) in [6.45, 7) is 5.54. The maximum atomic E-state index is 13.4. The van der Waals surface area contributed by atoms with E-state index in [0.717, 1.165) is 35.8 Å². The summed E-state index contributed by atoms with van der Waals surface area (Å²) in [5, 5.41) is 6.29. The van der Waals surface area contributed by atoms with Gasteiger partial charge < -0.3 is 15.4 Å². The lowest BCUT2D eigenvalue weighted by Crippen LogP contribution is -2.43. The Morgan fingerprint density at radius 2 is 2.00 bits per heavy atom. The summed E-state index contributed by atoms with van der Waals surface area (Å²) < 4.78 is 19.5. The number of halogens is 2. The Bertz CT molecular complexity index is 560. The molecule has 0 aliphatic heterocycles. The van der Waals surface area contributed by atoms with Gasteiger partial charge in [-0.3, -0.25) is 0 Å². The topological polar surface area (TPSA) is 50.4 Å². The van der Waals surface area contributed by atoms with Crippen LogP contribution in [0.15, 0.2) is 22.7 Å². The van der Waals surface area contributed by atoms with Gasteiger partial charge in [-0.1, -0.05) is 0 Å². The summed E-state index contributed by atoms with van der Waals surface area (Å²) in [7, 11) is 0. The van der Waals surface area contributed by atoms with Crippen molar-refractivity contribution < 1.29 is 13.9 Å². The minimum Gasteiger partial charge on any atom is -0.444 e. The first-order valence-electron chi connectivity index (χ1n) is 7.94. The molecule has 0 radical (unpaired) electrons. The molecule has 1 aliphatic carbocycles. The highest BCUT2D eigenvalue weighted by Crippen LogP contribution is 2.28. The van der Waals surface area contributed by atoms with Gasteiger partial charge in [0.05, 0.1) is 5.69 Å². The summed E-state index contributed by atoms with van der Waals surface area (Å²) in [4.78, 5) is 11.9. The van der Waals surface area contributed by atoms with E-state index >= 15 is 0 Å². The van der Waals surface area contributed by atoms with Crippen molar-refractivity contribution in [3.05, 3.63) is 28.5 Å². The zero-order valence-electron chi connectivity index (χ0n) is 13.8. The molecule has 4 nitrogen and oxygen atoms in total. The molecule has 0 heterocycles. The van der Waals surface area contributed by atoms with E-state index < -0.39 is 5.60 Å². The number of carbonyl (C=O) groups is 1. The van der Waals surface area contributed by atoms with Gasteiger partial charge in [0.1, 0.15) is 11.4 Å². The molecule has 6 heteroatoms. The Labute approximate surface area is 145 Å². The van der Waals surface area contributed by atoms with Gasteiger partial charge in [-0.15, -0.1) is 0 Å². The highest BCUT2D eigenvalue weighted by Gasteiger charge is 2.25. The van der Waals surface area contributed by atoms with Crippen molar-refractivity contribution in [3.8, 4) is 0 Å². The van der Waals surface area contributed by atoms with Crippen LogP contribution in [0.4, 0.5) is 14.9 Å². The van der Waals surface area contributed by atoms with Gasteiger partial charge in [-0.25, -0.2) is 9.18 Å². The first-order chi connectivity index (χ1) is 10.7. The fraction of sp³-hybridized carbons (Fsp3) is 0.588. The van der Waals surface area contributed by atoms with E-state index in [9.17, 15) is 9.18 Å². The molecule has 2 rings (SSSR count). The van der Waals surface area contributed by atoms with Crippen LogP contribution in [-0.4, -0.2) is 23.8 Å². The van der Waals surface area contributed by atoms with Gasteiger partial charge in [-0.2, -0.15) is 0 Å². The van der Waals surface area contributed by atoms with Gasteiger partial charge in [0.2, 0.25) is 0 Å². The molecule has 1 aromatic rings. The van der Waals surface area contributed by atoms with Crippen molar-refractivity contribution in [1.29, 1.82) is 0 Å². The van der Waals surface area contributed by atoms with E-state index in [0.29, 0.717) is 0 Å². The van der Waals surface area contributed by atoms with Crippen LogP contribution in [0.25, 0.3) is 0 Å². The number of amides is 1. The Morgan fingerprint density at radius 1 is 1.30 bits per heavy atom. The second kappa shape index (κ2) is 7.51. The molecule has 23 heavy (non-hydrogen) atoms. The zero-order valence-corrected chi connectivity index (χ0v) is 15.4. The van der Waals surface area contributed by atoms with E-state index in [1.54, 1.807) is 6.07 Å². The van der Waals surface area contributed by atoms with Crippen LogP contribution in [0.5, 0.6) is 0 Å². The number of nitrogens with one attached hydrogen (secondary N) is 2. The molecule has 1 aromatic carbocycles. The molecule has 128 valence electrons. The zero-order chi connectivity index (χ0) is 17.0. The van der Waals surface area contributed by atoms with Gasteiger partial charge in [0, 0.05) is 16.6 Å². The molecule has 0 aromatic heterocycles. The molecular weight excluding hydrogens is 363 g/mol. The molecule has 2 atom stereocenters. The molecule has 1 aliphatic rings. The van der Waals surface area contributed by atoms with E-state index in [-0.39, 0.29) is 24.0 Å². The fourth-order valence-electron chi connectivity index (χ4n) is 2.75. The first-order valence-corrected chi connectivity index (χ1v) is 8.73. The quantitative estimate of drug-likeness (QED) is 0.781. The third-order valence-electron chi connectivity index (χ3n) is 3.68. The summed E-state index contributed by atoms with van der Waals surface area (Å²) in [5.41, 5.74) is 0.246. The fourth-order valence-corrected chi connectivity index (χ4v) is 3.12. The monoisotopic (exact) mass is 386 g/mol. The minimum absolute atomic E-state index is 0.0726. The lowest BCUT2D eigenvalue weighted by Gasteiger charge is -2.32. The Morgan fingerprint density at radius 3 is 2.70 bits per heavy atom. The molecule has 0 saturated heterocycles. The summed E-state index contributed by atoms with van der Waals surface area (Å²) in [6, 6.07) is 4.86. The summed E-state index contributed by atoms with van der Waals surface area (Å²) >= 11 is 3.43. The predicted molar refractivity (Wildman–Crippen MR) is 93.1 cm³/mol. The van der Waals surface area contributed by atoms with Crippen LogP contribution in [0.3, 0.4) is 0 Å². The maximum Gasteiger partial charge on any atom is 0.407 e. The maximum absolute atomic E-state index is 13.4. The van der Waals surface area contributed by atoms with Gasteiger partial charge in [0.15, 0.2) is 0 Å². The van der Waals surface area contributed by atoms with Crippen LogP contribution in [0.1, 0.15) is 46.5 Å². The van der Waals surface area contributed by atoms with Crippen molar-refractivity contribution in [3.63, 3.8) is 0 Å². The first kappa shape index (κ1) is 18.0. The second-order valence-electron chi connectivity index (χ2n) is 6.98. The lowest BCUT2D eigenvalue weighted by molar-refractivity contribution is 0.0492. The number of hydrogen-bond donors (Lipinski definition) is 2. The number of rotatable bonds is 3. The van der Waals surface area contributed by atoms with E-state index in [1.165, 1.54) is 12.1 Å². The number of benzene rings is 1. The molecule has 2 N–H and O–H groups in total. The largest absolute Gasteiger partial charge is 0.444 e. The second-order valence-corrected chi connectivity index (χ2v) is 7.83. The average molecular weight is 387 g/mol. The lowest BCUT2D eigenvalue weighted by atomic mass is 9.91. The summed E-state index contributed by atoms with van der Waals surface area (Å²) in [5.74, 6) is -0.269. The molecular formula is C17H24BrFN2O2. The predicted octanol–water partition coefficient (Wildman–Crippen LogP) is 4.84. The molecule has 1 amide bonds. The number of carbonyl (C=O) groups excluding carboxylic acids is 1. The third-order valence-corrected chi connectivity index (χ3v) is 4.37. The van der Waals surface area contributed by atoms with Crippen LogP contribution in [0, 0.1) is 5.82 Å². The van der Waals surface area contributed by atoms with Crippen LogP contribution >= 0.6 is 15.9 Å². The Hall–Kier alpha value is -1.30.